The third-order valence-electron chi connectivity index (χ3n) is 1.41. The van der Waals surface area contributed by atoms with Crippen LogP contribution in [0.5, 0.6) is 0 Å². The molecule has 0 unspecified atom stereocenters. The molecular weight excluding hydrogens is 172 g/mol. The lowest BCUT2D eigenvalue weighted by Crippen LogP contribution is -2.43. The van der Waals surface area contributed by atoms with Gasteiger partial charge in [-0.15, -0.1) is 0 Å². The fourth-order valence-corrected chi connectivity index (χ4v) is 0.768. The van der Waals surface area contributed by atoms with Crippen LogP contribution in [0.1, 0.15) is 0 Å². The second-order valence-electron chi connectivity index (χ2n) is 2.34. The number of rotatable bonds is 1. The Labute approximate surface area is 75.1 Å². The summed E-state index contributed by atoms with van der Waals surface area (Å²) in [5.41, 5.74) is 5.02. The van der Waals surface area contributed by atoms with Gasteiger partial charge in [0.25, 0.3) is 0 Å². The van der Waals surface area contributed by atoms with Crippen LogP contribution in [0.15, 0.2) is 17.4 Å². The van der Waals surface area contributed by atoms with E-state index in [0.717, 1.165) is 0 Å². The quantitative estimate of drug-likeness (QED) is 0.547. The average Bonchev–Trinajstić information content (AvgIpc) is 2.19. The summed E-state index contributed by atoms with van der Waals surface area (Å²) >= 11 is 0. The van der Waals surface area contributed by atoms with Crippen LogP contribution in [0.25, 0.3) is 0 Å². The monoisotopic (exact) mass is 182 g/mol. The van der Waals surface area contributed by atoms with E-state index < -0.39 is 11.9 Å². The van der Waals surface area contributed by atoms with Crippen LogP contribution in [-0.4, -0.2) is 36.1 Å². The van der Waals surface area contributed by atoms with E-state index in [1.165, 1.54) is 17.3 Å². The Bertz CT molecular complexity index is 272. The molecule has 0 saturated carbocycles. The molecule has 0 spiro atoms. The summed E-state index contributed by atoms with van der Waals surface area (Å²) in [6.07, 6.45) is 4.52. The zero-order valence-corrected chi connectivity index (χ0v) is 6.93. The number of hydrogen-bond acceptors (Lipinski definition) is 4. The first-order chi connectivity index (χ1) is 6.24. The van der Waals surface area contributed by atoms with Crippen molar-refractivity contribution >= 4 is 18.2 Å². The molecule has 1 heterocycles. The number of nitrogens with two attached hydrogens (primary N) is 1. The van der Waals surface area contributed by atoms with Gasteiger partial charge in [-0.1, -0.05) is 0 Å². The maximum absolute atomic E-state index is 11.2. The number of carbonyl (C=O) groups excluding carboxylic acids is 2. The zero-order valence-electron chi connectivity index (χ0n) is 6.93. The molecule has 3 N–H and O–H groups in total. The summed E-state index contributed by atoms with van der Waals surface area (Å²) in [7, 11) is 0. The van der Waals surface area contributed by atoms with Crippen molar-refractivity contribution in [3.05, 3.63) is 12.4 Å². The Hall–Kier alpha value is -1.69. The maximum atomic E-state index is 11.2. The Kier molecular flexibility index (Phi) is 3.15. The second-order valence-corrected chi connectivity index (χ2v) is 2.34. The summed E-state index contributed by atoms with van der Waals surface area (Å²) in [4.78, 5) is 27.0. The standard InChI is InChI=1S/C7H10N4O2/c8-5-6(12)10-7(13)11-3-1-9-2-4-11/h1-3H,4-5,8H2,(H,10,12,13). The van der Waals surface area contributed by atoms with Crippen LogP contribution in [0.4, 0.5) is 4.79 Å². The molecule has 0 aromatic heterocycles. The van der Waals surface area contributed by atoms with Crippen molar-refractivity contribution in [1.82, 2.24) is 10.2 Å². The van der Waals surface area contributed by atoms with E-state index in [2.05, 4.69) is 10.3 Å². The number of carbonyl (C=O) groups is 2. The Morgan fingerprint density at radius 2 is 2.38 bits per heavy atom. The van der Waals surface area contributed by atoms with Gasteiger partial charge >= 0.3 is 6.03 Å². The fraction of sp³-hybridized carbons (Fsp3) is 0.286. The molecule has 1 rings (SSSR count). The van der Waals surface area contributed by atoms with Crippen molar-refractivity contribution in [2.24, 2.45) is 10.7 Å². The smallest absolute Gasteiger partial charge is 0.322 e. The lowest BCUT2D eigenvalue weighted by Gasteiger charge is -2.17. The molecule has 6 nitrogen and oxygen atoms in total. The normalized spacial score (nSPS) is 14.4. The number of hydrogen-bond donors (Lipinski definition) is 2. The van der Waals surface area contributed by atoms with Gasteiger partial charge in [-0.2, -0.15) is 0 Å². The predicted octanol–water partition coefficient (Wildman–Crippen LogP) is -0.961. The molecule has 70 valence electrons. The number of urea groups is 1. The molecule has 0 aromatic carbocycles. The minimum Gasteiger partial charge on any atom is -0.322 e. The van der Waals surface area contributed by atoms with E-state index >= 15 is 0 Å². The molecular formula is C7H10N4O2. The van der Waals surface area contributed by atoms with Crippen molar-refractivity contribution < 1.29 is 9.59 Å². The number of amides is 3. The maximum Gasteiger partial charge on any atom is 0.328 e. The number of imide groups is 1. The largest absolute Gasteiger partial charge is 0.328 e. The number of aliphatic imine (C=N–C) groups is 1. The molecule has 1 aliphatic heterocycles. The highest BCUT2D eigenvalue weighted by molar-refractivity contribution is 5.96. The first kappa shape index (κ1) is 9.40. The van der Waals surface area contributed by atoms with Crippen molar-refractivity contribution in [3.8, 4) is 0 Å². The predicted molar refractivity (Wildman–Crippen MR) is 46.9 cm³/mol. The van der Waals surface area contributed by atoms with Crippen LogP contribution < -0.4 is 11.1 Å². The summed E-state index contributed by atoms with van der Waals surface area (Å²) in [5, 5.41) is 2.11. The van der Waals surface area contributed by atoms with Gasteiger partial charge in [-0.3, -0.25) is 20.0 Å². The van der Waals surface area contributed by atoms with Crippen molar-refractivity contribution in [1.29, 1.82) is 0 Å². The number of nitrogens with one attached hydrogen (secondary N) is 1. The molecule has 3 amide bonds. The summed E-state index contributed by atoms with van der Waals surface area (Å²) in [5.74, 6) is -0.499. The molecule has 1 aliphatic rings. The van der Waals surface area contributed by atoms with Gasteiger partial charge in [0.2, 0.25) is 5.91 Å². The van der Waals surface area contributed by atoms with Crippen molar-refractivity contribution in [2.45, 2.75) is 0 Å². The van der Waals surface area contributed by atoms with E-state index in [9.17, 15) is 9.59 Å². The average molecular weight is 182 g/mol. The van der Waals surface area contributed by atoms with E-state index in [-0.39, 0.29) is 6.54 Å². The van der Waals surface area contributed by atoms with E-state index in [4.69, 9.17) is 5.73 Å². The van der Waals surface area contributed by atoms with Gasteiger partial charge < -0.3 is 5.73 Å². The number of nitrogens with zero attached hydrogens (tertiary/aromatic N) is 2. The lowest BCUT2D eigenvalue weighted by atomic mass is 10.5. The Balaban J connectivity index is 2.44. The second kappa shape index (κ2) is 4.36. The molecule has 0 saturated heterocycles. The highest BCUT2D eigenvalue weighted by atomic mass is 16.2. The minimum atomic E-state index is -0.499. The van der Waals surface area contributed by atoms with E-state index in [1.807, 2.05) is 0 Å². The summed E-state index contributed by atoms with van der Waals surface area (Å²) in [6.45, 7) is 0.164. The van der Waals surface area contributed by atoms with Crippen LogP contribution in [-0.2, 0) is 4.79 Å². The molecule has 6 heteroatoms. The molecule has 0 bridgehead atoms. The Morgan fingerprint density at radius 1 is 1.62 bits per heavy atom. The minimum absolute atomic E-state index is 0.197. The zero-order chi connectivity index (χ0) is 9.68. The van der Waals surface area contributed by atoms with Gasteiger partial charge in [0.05, 0.1) is 13.1 Å². The van der Waals surface area contributed by atoms with Crippen LogP contribution in [0.2, 0.25) is 0 Å². The molecule has 0 fully saturated rings. The third-order valence-corrected chi connectivity index (χ3v) is 1.41. The first-order valence-electron chi connectivity index (χ1n) is 3.73. The fourth-order valence-electron chi connectivity index (χ4n) is 0.768. The lowest BCUT2D eigenvalue weighted by molar-refractivity contribution is -0.118. The third kappa shape index (κ3) is 2.68. The molecule has 0 aromatic rings. The Morgan fingerprint density at radius 3 is 2.92 bits per heavy atom. The topological polar surface area (TPSA) is 87.8 Å². The van der Waals surface area contributed by atoms with Gasteiger partial charge in [0.15, 0.2) is 0 Å². The van der Waals surface area contributed by atoms with Crippen LogP contribution in [0, 0.1) is 0 Å². The molecule has 0 aliphatic carbocycles. The molecule has 0 atom stereocenters. The van der Waals surface area contributed by atoms with Gasteiger partial charge in [-0.05, 0) is 0 Å². The van der Waals surface area contributed by atoms with E-state index in [0.29, 0.717) is 6.54 Å². The first-order valence-corrected chi connectivity index (χ1v) is 3.73. The highest BCUT2D eigenvalue weighted by Crippen LogP contribution is 1.94. The van der Waals surface area contributed by atoms with Gasteiger partial charge in [-0.25, -0.2) is 4.79 Å². The van der Waals surface area contributed by atoms with Crippen molar-refractivity contribution in [2.75, 3.05) is 13.1 Å². The van der Waals surface area contributed by atoms with Crippen molar-refractivity contribution in [3.63, 3.8) is 0 Å². The SMILES string of the molecule is NCC(=O)NC(=O)N1C=CN=CC1. The van der Waals surface area contributed by atoms with Gasteiger partial charge in [0.1, 0.15) is 0 Å². The summed E-state index contributed by atoms with van der Waals surface area (Å²) in [6, 6.07) is -0.488. The molecule has 0 radical (unpaired) electrons. The molecule has 13 heavy (non-hydrogen) atoms. The van der Waals surface area contributed by atoms with Crippen LogP contribution >= 0.6 is 0 Å². The summed E-state index contributed by atoms with van der Waals surface area (Å²) < 4.78 is 0. The van der Waals surface area contributed by atoms with E-state index in [1.54, 1.807) is 6.21 Å². The van der Waals surface area contributed by atoms with Gasteiger partial charge in [0, 0.05) is 18.6 Å². The highest BCUT2D eigenvalue weighted by Gasteiger charge is 2.12. The van der Waals surface area contributed by atoms with Crippen LogP contribution in [0.3, 0.4) is 0 Å².